The second-order valence-corrected chi connectivity index (χ2v) is 9.40. The molecule has 0 aliphatic rings. The molecule has 0 bridgehead atoms. The first-order valence-corrected chi connectivity index (χ1v) is 12.3. The Kier molecular flexibility index (Phi) is 6.99. The minimum absolute atomic E-state index is 0.0376. The van der Waals surface area contributed by atoms with E-state index in [2.05, 4.69) is 65.4 Å². The van der Waals surface area contributed by atoms with E-state index < -0.39 is 12.6 Å². The summed E-state index contributed by atoms with van der Waals surface area (Å²) in [5.41, 5.74) is 5.41. The van der Waals surface area contributed by atoms with Crippen LogP contribution >= 0.6 is 23.2 Å². The van der Waals surface area contributed by atoms with Crippen molar-refractivity contribution in [3.8, 4) is 5.75 Å². The fourth-order valence-electron chi connectivity index (χ4n) is 4.55. The quantitative estimate of drug-likeness (QED) is 0.231. The van der Waals surface area contributed by atoms with Gasteiger partial charge in [-0.25, -0.2) is 4.79 Å². The van der Waals surface area contributed by atoms with Crippen LogP contribution in [0.2, 0.25) is 10.0 Å². The highest BCUT2D eigenvalue weighted by Crippen LogP contribution is 2.36. The van der Waals surface area contributed by atoms with Crippen LogP contribution in [0.25, 0.3) is 10.9 Å². The summed E-state index contributed by atoms with van der Waals surface area (Å²) in [4.78, 5) is 10.8. The molecule has 1 N–H and O–H groups in total. The topological polar surface area (TPSA) is 51.5 Å². The maximum absolute atomic E-state index is 10.8. The first-order chi connectivity index (χ1) is 17.5. The third-order valence-corrected chi connectivity index (χ3v) is 6.74. The summed E-state index contributed by atoms with van der Waals surface area (Å²) >= 11 is 13.0. The molecule has 180 valence electrons. The van der Waals surface area contributed by atoms with Crippen LogP contribution in [-0.2, 0) is 11.2 Å². The molecule has 1 heterocycles. The number of aliphatic carboxylic acids is 1. The van der Waals surface area contributed by atoms with E-state index >= 15 is 0 Å². The van der Waals surface area contributed by atoms with Crippen LogP contribution in [0.3, 0.4) is 0 Å². The largest absolute Gasteiger partial charge is 0.482 e. The molecule has 5 rings (SSSR count). The molecule has 0 radical (unpaired) electrons. The predicted octanol–water partition coefficient (Wildman–Crippen LogP) is 7.64. The van der Waals surface area contributed by atoms with Crippen molar-refractivity contribution in [3.05, 3.63) is 136 Å². The van der Waals surface area contributed by atoms with Gasteiger partial charge in [-0.05, 0) is 46.5 Å². The molecule has 36 heavy (non-hydrogen) atoms. The van der Waals surface area contributed by atoms with E-state index in [0.29, 0.717) is 22.2 Å². The zero-order valence-electron chi connectivity index (χ0n) is 19.3. The Morgan fingerprint density at radius 2 is 1.50 bits per heavy atom. The average Bonchev–Trinajstić information content (AvgIpc) is 3.22. The summed E-state index contributed by atoms with van der Waals surface area (Å²) in [7, 11) is 0. The standard InChI is InChI=1S/C30H23Cl2NO3/c31-24-12-14-26-23(15-22-11-13-25(17-27(22)32)36-19-29(34)35)18-33(28(26)16-24)30(20-7-3-1-4-8-20)21-9-5-2-6-10-21/h1-14,16-18,30H,15,19H2,(H,34,35). The first-order valence-electron chi connectivity index (χ1n) is 11.5. The van der Waals surface area contributed by atoms with Gasteiger partial charge in [0.05, 0.1) is 11.6 Å². The molecule has 0 aliphatic heterocycles. The van der Waals surface area contributed by atoms with Gasteiger partial charge < -0.3 is 14.4 Å². The molecule has 0 saturated carbocycles. The molecule has 1 aromatic heterocycles. The normalized spacial score (nSPS) is 11.2. The van der Waals surface area contributed by atoms with Crippen LogP contribution in [0.5, 0.6) is 5.75 Å². The number of hydrogen-bond acceptors (Lipinski definition) is 2. The number of carbonyl (C=O) groups is 1. The van der Waals surface area contributed by atoms with Crippen LogP contribution < -0.4 is 4.74 Å². The molecule has 4 nitrogen and oxygen atoms in total. The number of fused-ring (bicyclic) bond motifs is 1. The lowest BCUT2D eigenvalue weighted by Crippen LogP contribution is -2.11. The molecule has 0 aliphatic carbocycles. The van der Waals surface area contributed by atoms with Gasteiger partial charge in [0.25, 0.3) is 0 Å². The average molecular weight is 516 g/mol. The van der Waals surface area contributed by atoms with Gasteiger partial charge in [0.2, 0.25) is 0 Å². The Balaban J connectivity index is 1.59. The Hall–Kier alpha value is -3.73. The second-order valence-electron chi connectivity index (χ2n) is 8.56. The molecule has 0 fully saturated rings. The molecule has 0 atom stereocenters. The molecule has 5 aromatic rings. The van der Waals surface area contributed by atoms with E-state index in [1.165, 1.54) is 11.1 Å². The summed E-state index contributed by atoms with van der Waals surface area (Å²) in [6, 6.07) is 32.0. The summed E-state index contributed by atoms with van der Waals surface area (Å²) in [6.45, 7) is -0.412. The smallest absolute Gasteiger partial charge is 0.341 e. The Bertz CT molecular complexity index is 1470. The lowest BCUT2D eigenvalue weighted by atomic mass is 9.98. The van der Waals surface area contributed by atoms with Gasteiger partial charge in [0, 0.05) is 28.0 Å². The first kappa shape index (κ1) is 24.0. The Labute approximate surface area is 219 Å². The van der Waals surface area contributed by atoms with E-state index in [-0.39, 0.29) is 6.04 Å². The van der Waals surface area contributed by atoms with E-state index in [1.807, 2.05) is 30.3 Å². The molecule has 0 spiro atoms. The zero-order valence-corrected chi connectivity index (χ0v) is 20.8. The van der Waals surface area contributed by atoms with E-state index in [0.717, 1.165) is 22.0 Å². The number of ether oxygens (including phenoxy) is 1. The monoisotopic (exact) mass is 515 g/mol. The number of rotatable bonds is 8. The van der Waals surface area contributed by atoms with Crippen molar-refractivity contribution in [1.29, 1.82) is 0 Å². The van der Waals surface area contributed by atoms with Gasteiger partial charge in [0.1, 0.15) is 5.75 Å². The SMILES string of the molecule is O=C(O)COc1ccc(Cc2cn(C(c3ccccc3)c3ccccc3)c3cc(Cl)ccc23)c(Cl)c1. The fourth-order valence-corrected chi connectivity index (χ4v) is 4.95. The highest BCUT2D eigenvalue weighted by Gasteiger charge is 2.21. The number of aromatic nitrogens is 1. The number of carboxylic acid groups (broad SMARTS) is 1. The van der Waals surface area contributed by atoms with E-state index in [9.17, 15) is 4.79 Å². The second kappa shape index (κ2) is 10.5. The highest BCUT2D eigenvalue weighted by atomic mass is 35.5. The van der Waals surface area contributed by atoms with Crippen LogP contribution in [0.1, 0.15) is 28.3 Å². The number of nitrogens with zero attached hydrogens (tertiary/aromatic N) is 1. The van der Waals surface area contributed by atoms with Gasteiger partial charge in [-0.2, -0.15) is 0 Å². The van der Waals surface area contributed by atoms with Crippen molar-refractivity contribution in [2.75, 3.05) is 6.61 Å². The van der Waals surface area contributed by atoms with Crippen molar-refractivity contribution in [1.82, 2.24) is 4.57 Å². The van der Waals surface area contributed by atoms with Crippen molar-refractivity contribution < 1.29 is 14.6 Å². The van der Waals surface area contributed by atoms with Gasteiger partial charge >= 0.3 is 5.97 Å². The van der Waals surface area contributed by atoms with Crippen LogP contribution in [-0.4, -0.2) is 22.2 Å². The molecule has 0 unspecified atom stereocenters. The van der Waals surface area contributed by atoms with Crippen LogP contribution in [0.15, 0.2) is 103 Å². The van der Waals surface area contributed by atoms with Crippen molar-refractivity contribution in [3.63, 3.8) is 0 Å². The summed E-state index contributed by atoms with van der Waals surface area (Å²) in [5.74, 6) is -0.610. The van der Waals surface area contributed by atoms with Crippen molar-refractivity contribution >= 4 is 40.1 Å². The molecular formula is C30H23Cl2NO3. The number of benzene rings is 4. The number of carboxylic acids is 1. The van der Waals surface area contributed by atoms with E-state index in [4.69, 9.17) is 33.0 Å². The molecule has 6 heteroatoms. The van der Waals surface area contributed by atoms with Gasteiger partial charge in [-0.15, -0.1) is 0 Å². The summed E-state index contributed by atoms with van der Waals surface area (Å²) in [5, 5.41) is 11.1. The summed E-state index contributed by atoms with van der Waals surface area (Å²) in [6.07, 6.45) is 2.77. The van der Waals surface area contributed by atoms with Crippen LogP contribution in [0, 0.1) is 0 Å². The zero-order chi connectivity index (χ0) is 25.1. The molecular weight excluding hydrogens is 493 g/mol. The molecule has 0 amide bonds. The maximum Gasteiger partial charge on any atom is 0.341 e. The van der Waals surface area contributed by atoms with Gasteiger partial charge in [0.15, 0.2) is 6.61 Å². The maximum atomic E-state index is 10.8. The number of hydrogen-bond donors (Lipinski definition) is 1. The van der Waals surface area contributed by atoms with Crippen molar-refractivity contribution in [2.24, 2.45) is 0 Å². The van der Waals surface area contributed by atoms with Gasteiger partial charge in [-0.1, -0.05) is 96.0 Å². The summed E-state index contributed by atoms with van der Waals surface area (Å²) < 4.78 is 7.54. The number of halogens is 2. The lowest BCUT2D eigenvalue weighted by molar-refractivity contribution is -0.139. The molecule has 0 saturated heterocycles. The highest BCUT2D eigenvalue weighted by molar-refractivity contribution is 6.31. The van der Waals surface area contributed by atoms with Crippen LogP contribution in [0.4, 0.5) is 0 Å². The predicted molar refractivity (Wildman–Crippen MR) is 144 cm³/mol. The minimum Gasteiger partial charge on any atom is -0.482 e. The third kappa shape index (κ3) is 5.11. The third-order valence-electron chi connectivity index (χ3n) is 6.16. The fraction of sp³-hybridized carbons (Fsp3) is 0.100. The minimum atomic E-state index is -1.03. The van der Waals surface area contributed by atoms with Gasteiger partial charge in [-0.3, -0.25) is 0 Å². The Morgan fingerprint density at radius 3 is 2.11 bits per heavy atom. The van der Waals surface area contributed by atoms with Crippen molar-refractivity contribution in [2.45, 2.75) is 12.5 Å². The lowest BCUT2D eigenvalue weighted by Gasteiger charge is -2.21. The van der Waals surface area contributed by atoms with E-state index in [1.54, 1.807) is 12.1 Å². The Morgan fingerprint density at radius 1 is 0.833 bits per heavy atom. The molecule has 4 aromatic carbocycles.